The highest BCUT2D eigenvalue weighted by atomic mass is 16.5. The molecule has 0 radical (unpaired) electrons. The van der Waals surface area contributed by atoms with E-state index < -0.39 is 0 Å². The Balaban J connectivity index is 0.00000141. The summed E-state index contributed by atoms with van der Waals surface area (Å²) in [6.07, 6.45) is 6.31. The van der Waals surface area contributed by atoms with E-state index in [1.807, 2.05) is 43.4 Å². The molecule has 0 atom stereocenters. The van der Waals surface area contributed by atoms with Gasteiger partial charge in [0.2, 0.25) is 0 Å². The molecule has 6 nitrogen and oxygen atoms in total. The zero-order valence-electron chi connectivity index (χ0n) is 19.6. The summed E-state index contributed by atoms with van der Waals surface area (Å²) in [5, 5.41) is 5.84. The van der Waals surface area contributed by atoms with E-state index in [0.29, 0.717) is 12.5 Å². The lowest BCUT2D eigenvalue weighted by Gasteiger charge is -2.18. The number of aryl methyl sites for hydroxylation is 1. The summed E-state index contributed by atoms with van der Waals surface area (Å²) >= 11 is 0. The smallest absolute Gasteiger partial charge is 0.133 e. The van der Waals surface area contributed by atoms with Gasteiger partial charge in [0.1, 0.15) is 12.1 Å². The molecule has 0 amide bonds. The third kappa shape index (κ3) is 5.65. The molecule has 1 aliphatic heterocycles. The third-order valence-corrected chi connectivity index (χ3v) is 5.14. The zero-order chi connectivity index (χ0) is 22.9. The lowest BCUT2D eigenvalue weighted by molar-refractivity contribution is 0.322. The van der Waals surface area contributed by atoms with Gasteiger partial charge in [0, 0.05) is 24.4 Å². The van der Waals surface area contributed by atoms with Gasteiger partial charge in [-0.1, -0.05) is 52.0 Å². The number of aromatic nitrogens is 1. The van der Waals surface area contributed by atoms with Gasteiger partial charge in [-0.05, 0) is 59.4 Å². The summed E-state index contributed by atoms with van der Waals surface area (Å²) in [5.41, 5.74) is 12.7. The number of anilines is 1. The quantitative estimate of drug-likeness (QED) is 0.510. The van der Waals surface area contributed by atoms with Crippen molar-refractivity contribution in [3.8, 4) is 16.9 Å². The molecule has 0 bridgehead atoms. The van der Waals surface area contributed by atoms with Gasteiger partial charge in [-0.3, -0.25) is 4.98 Å². The molecule has 32 heavy (non-hydrogen) atoms. The van der Waals surface area contributed by atoms with E-state index >= 15 is 0 Å². The van der Waals surface area contributed by atoms with Crippen molar-refractivity contribution in [2.45, 2.75) is 47.0 Å². The molecular formula is C26H33N5O. The zero-order valence-corrected chi connectivity index (χ0v) is 19.6. The van der Waals surface area contributed by atoms with Crippen LogP contribution < -0.4 is 20.8 Å². The van der Waals surface area contributed by atoms with Gasteiger partial charge in [-0.25, -0.2) is 10.5 Å². The maximum atomic E-state index is 6.16. The van der Waals surface area contributed by atoms with Crippen LogP contribution in [0.15, 0.2) is 66.0 Å². The lowest BCUT2D eigenvalue weighted by atomic mass is 9.93. The summed E-state index contributed by atoms with van der Waals surface area (Å²) in [7, 11) is 0. The van der Waals surface area contributed by atoms with Crippen LogP contribution in [0.4, 0.5) is 5.69 Å². The second kappa shape index (κ2) is 11.3. The average Bonchev–Trinajstić information content (AvgIpc) is 3.35. The molecule has 168 valence electrons. The summed E-state index contributed by atoms with van der Waals surface area (Å²) in [6, 6.07) is 16.7. The monoisotopic (exact) mass is 431 g/mol. The molecule has 1 aliphatic rings. The Morgan fingerprint density at radius 1 is 1.06 bits per heavy atom. The first-order valence-electron chi connectivity index (χ1n) is 11.2. The molecule has 0 saturated carbocycles. The lowest BCUT2D eigenvalue weighted by Crippen LogP contribution is -2.37. The Morgan fingerprint density at radius 3 is 2.62 bits per heavy atom. The molecule has 2 N–H and O–H groups in total. The Labute approximate surface area is 191 Å². The van der Waals surface area contributed by atoms with Gasteiger partial charge in [0.15, 0.2) is 0 Å². The number of pyridine rings is 1. The molecule has 0 saturated heterocycles. The van der Waals surface area contributed by atoms with Crippen LogP contribution >= 0.6 is 0 Å². The summed E-state index contributed by atoms with van der Waals surface area (Å²) in [6.45, 7) is 11.1. The molecule has 2 aromatic carbocycles. The number of hydrazine groups is 2. The van der Waals surface area contributed by atoms with Crippen molar-refractivity contribution < 1.29 is 4.74 Å². The molecule has 3 aromatic rings. The Kier molecular flexibility index (Phi) is 8.22. The van der Waals surface area contributed by atoms with Crippen LogP contribution in [0.1, 0.15) is 50.3 Å². The maximum Gasteiger partial charge on any atom is 0.133 e. The topological polar surface area (TPSA) is 61.8 Å². The number of para-hydroxylation sites is 1. The Bertz CT molecular complexity index is 1050. The van der Waals surface area contributed by atoms with Crippen LogP contribution in [0.5, 0.6) is 5.75 Å². The highest BCUT2D eigenvalue weighted by Gasteiger charge is 2.13. The van der Waals surface area contributed by atoms with Gasteiger partial charge in [-0.2, -0.15) is 5.10 Å². The molecule has 0 spiro atoms. The highest BCUT2D eigenvalue weighted by Crippen LogP contribution is 2.31. The van der Waals surface area contributed by atoms with Crippen molar-refractivity contribution in [1.29, 1.82) is 0 Å². The first-order valence-corrected chi connectivity index (χ1v) is 11.2. The summed E-state index contributed by atoms with van der Waals surface area (Å²) in [5.74, 6) is 1.31. The molecule has 6 heteroatoms. The SMILES string of the molecule is CC.Cc1cc(OCCc2ccccc2N2C=NNN2)cc(-c2cnccc2C(C)C)c1. The van der Waals surface area contributed by atoms with Crippen molar-refractivity contribution in [2.24, 2.45) is 5.10 Å². The van der Waals surface area contributed by atoms with E-state index in [1.165, 1.54) is 22.3 Å². The number of nitrogens with zero attached hydrogens (tertiary/aromatic N) is 3. The maximum absolute atomic E-state index is 6.16. The van der Waals surface area contributed by atoms with E-state index in [4.69, 9.17) is 4.74 Å². The van der Waals surface area contributed by atoms with E-state index in [2.05, 4.69) is 78.3 Å². The fourth-order valence-electron chi connectivity index (χ4n) is 3.69. The van der Waals surface area contributed by atoms with E-state index in [1.54, 1.807) is 6.34 Å². The fraction of sp³-hybridized carbons (Fsp3) is 0.308. The van der Waals surface area contributed by atoms with Crippen LogP contribution in [-0.4, -0.2) is 17.9 Å². The first kappa shape index (κ1) is 23.3. The predicted molar refractivity (Wildman–Crippen MR) is 133 cm³/mol. The van der Waals surface area contributed by atoms with Crippen molar-refractivity contribution in [2.75, 3.05) is 11.6 Å². The minimum Gasteiger partial charge on any atom is -0.493 e. The van der Waals surface area contributed by atoms with Crippen molar-refractivity contribution >= 4 is 12.0 Å². The Morgan fingerprint density at radius 2 is 1.88 bits per heavy atom. The molecule has 2 heterocycles. The van der Waals surface area contributed by atoms with Gasteiger partial charge in [-0.15, -0.1) is 5.53 Å². The normalized spacial score (nSPS) is 12.4. The number of hydrogen-bond donors (Lipinski definition) is 2. The van der Waals surface area contributed by atoms with Gasteiger partial charge < -0.3 is 4.74 Å². The standard InChI is InChI=1S/C24H27N5O.C2H6/c1-17(2)22-8-10-25-15-23(22)20-12-18(3)13-21(14-20)30-11-9-19-6-4-5-7-24(19)29-16-26-27-28-29;1-2/h4-8,10,12-17,27-28H,9,11H2,1-3H3;1-2H3. The van der Waals surface area contributed by atoms with Gasteiger partial charge in [0.25, 0.3) is 0 Å². The fourth-order valence-corrected chi connectivity index (χ4v) is 3.69. The van der Waals surface area contributed by atoms with Crippen molar-refractivity contribution in [3.05, 3.63) is 77.6 Å². The number of ether oxygens (including phenoxy) is 1. The van der Waals surface area contributed by atoms with E-state index in [9.17, 15) is 0 Å². The molecule has 0 fully saturated rings. The van der Waals surface area contributed by atoms with E-state index in [-0.39, 0.29) is 0 Å². The molecule has 0 aliphatic carbocycles. The number of benzene rings is 2. The van der Waals surface area contributed by atoms with Crippen molar-refractivity contribution in [1.82, 2.24) is 16.1 Å². The molecular weight excluding hydrogens is 398 g/mol. The minimum atomic E-state index is 0.432. The second-order valence-corrected chi connectivity index (χ2v) is 7.72. The molecule has 0 unspecified atom stereocenters. The molecule has 1 aromatic heterocycles. The van der Waals surface area contributed by atoms with Crippen LogP contribution in [0.2, 0.25) is 0 Å². The van der Waals surface area contributed by atoms with Gasteiger partial charge in [0.05, 0.1) is 12.3 Å². The predicted octanol–water partition coefficient (Wildman–Crippen LogP) is 5.60. The third-order valence-electron chi connectivity index (χ3n) is 5.14. The number of rotatable bonds is 7. The van der Waals surface area contributed by atoms with Crippen LogP contribution in [0, 0.1) is 6.92 Å². The van der Waals surface area contributed by atoms with Crippen LogP contribution in [0.3, 0.4) is 0 Å². The highest BCUT2D eigenvalue weighted by molar-refractivity contribution is 5.80. The van der Waals surface area contributed by atoms with Crippen molar-refractivity contribution in [3.63, 3.8) is 0 Å². The largest absolute Gasteiger partial charge is 0.493 e. The van der Waals surface area contributed by atoms with Crippen LogP contribution in [-0.2, 0) is 6.42 Å². The summed E-state index contributed by atoms with van der Waals surface area (Å²) < 4.78 is 6.16. The Hall–Kier alpha value is -3.38. The number of nitrogens with one attached hydrogen (secondary N) is 2. The number of hydrogen-bond acceptors (Lipinski definition) is 6. The average molecular weight is 432 g/mol. The first-order chi connectivity index (χ1) is 15.6. The van der Waals surface area contributed by atoms with E-state index in [0.717, 1.165) is 23.4 Å². The second-order valence-electron chi connectivity index (χ2n) is 7.72. The van der Waals surface area contributed by atoms with Crippen LogP contribution in [0.25, 0.3) is 11.1 Å². The molecule has 4 rings (SSSR count). The van der Waals surface area contributed by atoms with Gasteiger partial charge >= 0.3 is 0 Å². The number of hydrazone groups is 1. The minimum absolute atomic E-state index is 0.432. The summed E-state index contributed by atoms with van der Waals surface area (Å²) in [4.78, 5) is 4.35.